The number of rotatable bonds is 4. The molecule has 118 valence electrons. The molecule has 0 amide bonds. The van der Waals surface area contributed by atoms with E-state index in [1.165, 1.54) is 44.5 Å². The predicted octanol–water partition coefficient (Wildman–Crippen LogP) is 1.93. The van der Waals surface area contributed by atoms with Gasteiger partial charge < -0.3 is 0 Å². The summed E-state index contributed by atoms with van der Waals surface area (Å²) in [6.07, 6.45) is 4.20. The zero-order valence-corrected chi connectivity index (χ0v) is 13.1. The van der Waals surface area contributed by atoms with E-state index in [-0.39, 0.29) is 0 Å². The van der Waals surface area contributed by atoms with Crippen molar-refractivity contribution in [3.05, 3.63) is 35.9 Å². The van der Waals surface area contributed by atoms with Gasteiger partial charge in [0.2, 0.25) is 0 Å². The second-order valence-corrected chi connectivity index (χ2v) is 7.49. The van der Waals surface area contributed by atoms with Crippen LogP contribution in [0.25, 0.3) is 0 Å². The van der Waals surface area contributed by atoms with Gasteiger partial charge in [0.25, 0.3) is 0 Å². The Bertz CT molecular complexity index is 532. The fourth-order valence-electron chi connectivity index (χ4n) is 4.64. The number of fused-ring (bicyclic) bond motifs is 4. The monoisotopic (exact) mass is 299 g/mol. The number of hydroxylamine groups is 2. The zero-order chi connectivity index (χ0) is 14.5. The van der Waals surface area contributed by atoms with Crippen LogP contribution in [0.2, 0.25) is 0 Å². The standard InChI is InChI=1S/C18H25N3O/c1-2-4-14(5-3-1)12-22-21-13-20-10-17(21)8-15-9-19(11-18(15)20)16-6-7-16/h1-5,15-18H,6-13H2/t15-,17+,18+/m0/s1. The van der Waals surface area contributed by atoms with Gasteiger partial charge in [-0.25, -0.2) is 0 Å². The third kappa shape index (κ3) is 2.38. The lowest BCUT2D eigenvalue weighted by Gasteiger charge is -2.32. The van der Waals surface area contributed by atoms with Crippen molar-refractivity contribution in [2.24, 2.45) is 5.92 Å². The molecule has 4 aliphatic rings. The highest BCUT2D eigenvalue weighted by Crippen LogP contribution is 2.40. The van der Waals surface area contributed by atoms with Gasteiger partial charge in [-0.15, -0.1) is 0 Å². The molecule has 1 aromatic carbocycles. The Hall–Kier alpha value is -0.940. The topological polar surface area (TPSA) is 19.0 Å². The van der Waals surface area contributed by atoms with Crippen LogP contribution in [0.15, 0.2) is 30.3 Å². The first-order valence-corrected chi connectivity index (χ1v) is 8.78. The molecule has 0 N–H and O–H groups in total. The molecule has 1 aliphatic carbocycles. The fourth-order valence-corrected chi connectivity index (χ4v) is 4.64. The summed E-state index contributed by atoms with van der Waals surface area (Å²) in [4.78, 5) is 11.6. The van der Waals surface area contributed by atoms with E-state index in [1.54, 1.807) is 0 Å². The predicted molar refractivity (Wildman–Crippen MR) is 84.9 cm³/mol. The Balaban J connectivity index is 1.21. The maximum Gasteiger partial charge on any atom is 0.0936 e. The summed E-state index contributed by atoms with van der Waals surface area (Å²) in [7, 11) is 0. The Morgan fingerprint density at radius 3 is 2.64 bits per heavy atom. The maximum absolute atomic E-state index is 6.13. The van der Waals surface area contributed by atoms with Crippen LogP contribution < -0.4 is 0 Å². The molecule has 3 saturated heterocycles. The third-order valence-electron chi connectivity index (χ3n) is 5.96. The van der Waals surface area contributed by atoms with Crippen molar-refractivity contribution >= 4 is 0 Å². The quantitative estimate of drug-likeness (QED) is 0.845. The first kappa shape index (κ1) is 13.5. The van der Waals surface area contributed by atoms with Gasteiger partial charge in [0.15, 0.2) is 0 Å². The third-order valence-corrected chi connectivity index (χ3v) is 5.96. The van der Waals surface area contributed by atoms with Gasteiger partial charge in [-0.1, -0.05) is 30.3 Å². The highest BCUT2D eigenvalue weighted by molar-refractivity contribution is 5.13. The molecule has 1 saturated carbocycles. The molecule has 3 heterocycles. The van der Waals surface area contributed by atoms with E-state index >= 15 is 0 Å². The number of benzene rings is 1. The van der Waals surface area contributed by atoms with Crippen molar-refractivity contribution < 1.29 is 4.84 Å². The lowest BCUT2D eigenvalue weighted by molar-refractivity contribution is -0.182. The van der Waals surface area contributed by atoms with Gasteiger partial charge in [-0.05, 0) is 30.7 Å². The van der Waals surface area contributed by atoms with Crippen molar-refractivity contribution in [2.75, 3.05) is 26.3 Å². The molecule has 0 radical (unpaired) electrons. The minimum atomic E-state index is 0.601. The van der Waals surface area contributed by atoms with Crippen molar-refractivity contribution in [1.82, 2.24) is 14.9 Å². The van der Waals surface area contributed by atoms with Gasteiger partial charge in [0, 0.05) is 37.8 Å². The Morgan fingerprint density at radius 2 is 1.82 bits per heavy atom. The molecule has 2 bridgehead atoms. The summed E-state index contributed by atoms with van der Waals surface area (Å²) in [5.41, 5.74) is 1.26. The van der Waals surface area contributed by atoms with E-state index in [1.807, 2.05) is 0 Å². The average Bonchev–Trinajstić information content (AvgIpc) is 3.22. The molecule has 4 nitrogen and oxygen atoms in total. The van der Waals surface area contributed by atoms with Crippen LogP contribution in [0, 0.1) is 5.92 Å². The van der Waals surface area contributed by atoms with Gasteiger partial charge in [-0.3, -0.25) is 14.6 Å². The number of likely N-dealkylation sites (tertiary alicyclic amines) is 1. The smallest absolute Gasteiger partial charge is 0.0936 e. The van der Waals surface area contributed by atoms with E-state index in [0.717, 1.165) is 24.7 Å². The Kier molecular flexibility index (Phi) is 3.25. The lowest BCUT2D eigenvalue weighted by Crippen LogP contribution is -2.44. The summed E-state index contributed by atoms with van der Waals surface area (Å²) in [5, 5.41) is 2.26. The van der Waals surface area contributed by atoms with Gasteiger partial charge in [0.1, 0.15) is 0 Å². The fraction of sp³-hybridized carbons (Fsp3) is 0.667. The SMILES string of the molecule is c1ccc(CON2CN3C[C@H]2C[C@H]2CN(C4CC4)C[C@H]23)cc1. The molecular weight excluding hydrogens is 274 g/mol. The van der Waals surface area contributed by atoms with Crippen LogP contribution >= 0.6 is 0 Å². The van der Waals surface area contributed by atoms with Crippen LogP contribution in [0.1, 0.15) is 24.8 Å². The molecule has 4 fully saturated rings. The summed E-state index contributed by atoms with van der Waals surface area (Å²) in [6, 6.07) is 12.8. The van der Waals surface area contributed by atoms with Crippen molar-refractivity contribution in [3.8, 4) is 0 Å². The van der Waals surface area contributed by atoms with E-state index in [0.29, 0.717) is 12.6 Å². The van der Waals surface area contributed by atoms with Crippen LogP contribution in [-0.4, -0.2) is 59.3 Å². The molecule has 0 spiro atoms. The van der Waals surface area contributed by atoms with E-state index in [4.69, 9.17) is 4.84 Å². The van der Waals surface area contributed by atoms with Crippen LogP contribution in [0.5, 0.6) is 0 Å². The van der Waals surface area contributed by atoms with Gasteiger partial charge >= 0.3 is 0 Å². The normalized spacial score (nSPS) is 38.4. The zero-order valence-electron chi connectivity index (χ0n) is 13.1. The van der Waals surface area contributed by atoms with E-state index in [2.05, 4.69) is 45.2 Å². The molecule has 1 aromatic rings. The maximum atomic E-state index is 6.13. The first-order chi connectivity index (χ1) is 10.9. The largest absolute Gasteiger partial charge is 0.298 e. The first-order valence-electron chi connectivity index (χ1n) is 8.78. The molecule has 4 atom stereocenters. The minimum absolute atomic E-state index is 0.601. The second kappa shape index (κ2) is 5.31. The summed E-state index contributed by atoms with van der Waals surface area (Å²) in [5.74, 6) is 0.865. The number of piperidine rings is 1. The van der Waals surface area contributed by atoms with Gasteiger partial charge in [0.05, 0.1) is 13.3 Å². The van der Waals surface area contributed by atoms with E-state index < -0.39 is 0 Å². The number of nitrogens with zero attached hydrogens (tertiary/aromatic N) is 3. The number of hydrogen-bond acceptors (Lipinski definition) is 4. The van der Waals surface area contributed by atoms with Crippen molar-refractivity contribution in [1.29, 1.82) is 0 Å². The average molecular weight is 299 g/mol. The summed E-state index contributed by atoms with van der Waals surface area (Å²) in [6.45, 7) is 5.53. The minimum Gasteiger partial charge on any atom is -0.298 e. The van der Waals surface area contributed by atoms with Crippen LogP contribution in [0.3, 0.4) is 0 Å². The molecule has 0 aromatic heterocycles. The Labute approximate surface area is 132 Å². The molecule has 1 unspecified atom stereocenters. The van der Waals surface area contributed by atoms with Crippen molar-refractivity contribution in [2.45, 2.75) is 44.0 Å². The summed E-state index contributed by atoms with van der Waals surface area (Å²) >= 11 is 0. The van der Waals surface area contributed by atoms with Crippen LogP contribution in [0.4, 0.5) is 0 Å². The lowest BCUT2D eigenvalue weighted by atomic mass is 9.91. The second-order valence-electron chi connectivity index (χ2n) is 7.49. The molecule has 5 rings (SSSR count). The molecular formula is C18H25N3O. The van der Waals surface area contributed by atoms with Crippen LogP contribution in [-0.2, 0) is 11.4 Å². The van der Waals surface area contributed by atoms with Gasteiger partial charge in [-0.2, -0.15) is 5.06 Å². The van der Waals surface area contributed by atoms with Crippen molar-refractivity contribution in [3.63, 3.8) is 0 Å². The molecule has 3 aliphatic heterocycles. The molecule has 4 heteroatoms. The Morgan fingerprint density at radius 1 is 0.955 bits per heavy atom. The highest BCUT2D eigenvalue weighted by Gasteiger charge is 2.50. The number of hydrogen-bond donors (Lipinski definition) is 0. The molecule has 22 heavy (non-hydrogen) atoms. The highest BCUT2D eigenvalue weighted by atomic mass is 16.7. The summed E-state index contributed by atoms with van der Waals surface area (Å²) < 4.78 is 0. The van der Waals surface area contributed by atoms with E-state index in [9.17, 15) is 0 Å².